The van der Waals surface area contributed by atoms with E-state index < -0.39 is 0 Å². The molecular weight excluding hydrogens is 220 g/mol. The topological polar surface area (TPSA) is 61.8 Å². The van der Waals surface area contributed by atoms with Gasteiger partial charge in [-0.2, -0.15) is 0 Å². The Balaban J connectivity index is 2.16. The molecule has 5 nitrogen and oxygen atoms in total. The summed E-state index contributed by atoms with van der Waals surface area (Å²) < 4.78 is 5.27. The summed E-state index contributed by atoms with van der Waals surface area (Å²) in [7, 11) is 1.61. The van der Waals surface area contributed by atoms with Crippen molar-refractivity contribution in [1.82, 2.24) is 10.2 Å². The lowest BCUT2D eigenvalue weighted by atomic mass is 10.1. The highest BCUT2D eigenvalue weighted by molar-refractivity contribution is 5.77. The quantitative estimate of drug-likeness (QED) is 0.811. The number of hydrogen-bond acceptors (Lipinski definition) is 3. The number of aliphatic hydroxyl groups is 1. The molecule has 1 heterocycles. The van der Waals surface area contributed by atoms with Gasteiger partial charge in [-0.25, -0.2) is 4.79 Å². The third-order valence-corrected chi connectivity index (χ3v) is 2.87. The molecule has 92 valence electrons. The molecule has 1 aliphatic heterocycles. The number of carbonyl (C=O) groups excluding carboxylic acids is 1. The molecule has 2 amide bonds. The van der Waals surface area contributed by atoms with Gasteiger partial charge in [-0.1, -0.05) is 18.2 Å². The van der Waals surface area contributed by atoms with Gasteiger partial charge in [0.2, 0.25) is 0 Å². The summed E-state index contributed by atoms with van der Waals surface area (Å²) in [4.78, 5) is 13.2. The number of β-amino-alcohol motifs (C(OH)–C–C–N with tert-alkyl or cyclic N) is 1. The summed E-state index contributed by atoms with van der Waals surface area (Å²) in [6, 6.07) is 7.39. The van der Waals surface area contributed by atoms with E-state index in [-0.39, 0.29) is 18.7 Å². The lowest BCUT2D eigenvalue weighted by molar-refractivity contribution is 0.196. The number of urea groups is 1. The Morgan fingerprint density at radius 1 is 1.53 bits per heavy atom. The van der Waals surface area contributed by atoms with E-state index >= 15 is 0 Å². The maximum Gasteiger partial charge on any atom is 0.318 e. The minimum Gasteiger partial charge on any atom is -0.496 e. The Hall–Kier alpha value is -1.75. The second-order valence-electron chi connectivity index (χ2n) is 3.91. The molecule has 1 unspecified atom stereocenters. The normalized spacial score (nSPS) is 19.3. The number of carbonyl (C=O) groups is 1. The number of rotatable bonds is 4. The first-order chi connectivity index (χ1) is 8.26. The van der Waals surface area contributed by atoms with Crippen molar-refractivity contribution in [3.63, 3.8) is 0 Å². The minimum atomic E-state index is -0.144. The van der Waals surface area contributed by atoms with E-state index in [1.54, 1.807) is 12.0 Å². The maximum atomic E-state index is 11.6. The van der Waals surface area contributed by atoms with E-state index in [9.17, 15) is 4.79 Å². The Morgan fingerprint density at radius 2 is 2.29 bits per heavy atom. The molecule has 0 radical (unpaired) electrons. The van der Waals surface area contributed by atoms with Crippen LogP contribution in [0.15, 0.2) is 24.3 Å². The fraction of sp³-hybridized carbons (Fsp3) is 0.417. The molecule has 2 rings (SSSR count). The monoisotopic (exact) mass is 236 g/mol. The second kappa shape index (κ2) is 5.05. The summed E-state index contributed by atoms with van der Waals surface area (Å²) in [5.74, 6) is 0.767. The third-order valence-electron chi connectivity index (χ3n) is 2.87. The molecule has 1 fully saturated rings. The van der Waals surface area contributed by atoms with Crippen molar-refractivity contribution in [2.75, 3.05) is 26.8 Å². The van der Waals surface area contributed by atoms with Gasteiger partial charge in [-0.15, -0.1) is 0 Å². The molecule has 0 spiro atoms. The minimum absolute atomic E-state index is 0.0218. The largest absolute Gasteiger partial charge is 0.496 e. The van der Waals surface area contributed by atoms with Gasteiger partial charge in [0.25, 0.3) is 0 Å². The van der Waals surface area contributed by atoms with Crippen LogP contribution in [0.4, 0.5) is 4.79 Å². The second-order valence-corrected chi connectivity index (χ2v) is 3.91. The van der Waals surface area contributed by atoms with Gasteiger partial charge in [0.1, 0.15) is 5.75 Å². The van der Waals surface area contributed by atoms with Crippen LogP contribution in [-0.4, -0.2) is 42.8 Å². The van der Waals surface area contributed by atoms with Gasteiger partial charge in [0.05, 0.1) is 19.8 Å². The summed E-state index contributed by atoms with van der Waals surface area (Å²) in [5, 5.41) is 11.7. The van der Waals surface area contributed by atoms with Crippen LogP contribution in [0.2, 0.25) is 0 Å². The summed E-state index contributed by atoms with van der Waals surface area (Å²) in [5.41, 5.74) is 0.962. The molecule has 1 atom stereocenters. The standard InChI is InChI=1S/C12H16N2O3/c1-17-11-5-3-2-4-9(11)10-8-14(6-7-15)12(16)13-10/h2-5,10,15H,6-8H2,1H3,(H,13,16). The zero-order chi connectivity index (χ0) is 12.3. The van der Waals surface area contributed by atoms with Gasteiger partial charge in [-0.05, 0) is 6.07 Å². The molecule has 1 aromatic rings. The van der Waals surface area contributed by atoms with Crippen LogP contribution in [0.25, 0.3) is 0 Å². The zero-order valence-electron chi connectivity index (χ0n) is 9.72. The number of nitrogens with zero attached hydrogens (tertiary/aromatic N) is 1. The van der Waals surface area contributed by atoms with Gasteiger partial charge in [0, 0.05) is 18.7 Å². The number of nitrogens with one attached hydrogen (secondary N) is 1. The van der Waals surface area contributed by atoms with Crippen LogP contribution in [0.5, 0.6) is 5.75 Å². The average Bonchev–Trinajstić information content (AvgIpc) is 2.71. The predicted molar refractivity (Wildman–Crippen MR) is 62.9 cm³/mol. The van der Waals surface area contributed by atoms with Gasteiger partial charge in [0.15, 0.2) is 0 Å². The van der Waals surface area contributed by atoms with Gasteiger partial charge in [-0.3, -0.25) is 0 Å². The summed E-state index contributed by atoms with van der Waals surface area (Å²) in [6.07, 6.45) is 0. The molecule has 1 saturated heterocycles. The van der Waals surface area contributed by atoms with E-state index in [1.165, 1.54) is 0 Å². The number of para-hydroxylation sites is 1. The molecule has 17 heavy (non-hydrogen) atoms. The Labute approximate surface area is 100.0 Å². The first-order valence-electron chi connectivity index (χ1n) is 5.55. The molecular formula is C12H16N2O3. The molecule has 2 N–H and O–H groups in total. The smallest absolute Gasteiger partial charge is 0.318 e. The molecule has 1 aromatic carbocycles. The predicted octanol–water partition coefficient (Wildman–Crippen LogP) is 0.754. The molecule has 0 aromatic heterocycles. The highest BCUT2D eigenvalue weighted by atomic mass is 16.5. The van der Waals surface area contributed by atoms with Crippen molar-refractivity contribution in [3.8, 4) is 5.75 Å². The van der Waals surface area contributed by atoms with Crippen molar-refractivity contribution in [1.29, 1.82) is 0 Å². The molecule has 0 saturated carbocycles. The van der Waals surface area contributed by atoms with E-state index in [0.29, 0.717) is 13.1 Å². The van der Waals surface area contributed by atoms with Crippen molar-refractivity contribution in [2.24, 2.45) is 0 Å². The van der Waals surface area contributed by atoms with Crippen LogP contribution >= 0.6 is 0 Å². The van der Waals surface area contributed by atoms with Crippen LogP contribution in [0, 0.1) is 0 Å². The van der Waals surface area contributed by atoms with E-state index in [2.05, 4.69) is 5.32 Å². The van der Waals surface area contributed by atoms with E-state index in [1.807, 2.05) is 24.3 Å². The number of benzene rings is 1. The molecule has 5 heteroatoms. The Morgan fingerprint density at radius 3 is 3.00 bits per heavy atom. The number of aliphatic hydroxyl groups excluding tert-OH is 1. The van der Waals surface area contributed by atoms with Crippen molar-refractivity contribution in [2.45, 2.75) is 6.04 Å². The van der Waals surface area contributed by atoms with Crippen LogP contribution in [0.1, 0.15) is 11.6 Å². The Bertz CT molecular complexity index is 408. The van der Waals surface area contributed by atoms with Crippen LogP contribution in [0.3, 0.4) is 0 Å². The molecule has 0 bridgehead atoms. The first-order valence-corrected chi connectivity index (χ1v) is 5.55. The number of amides is 2. The fourth-order valence-electron chi connectivity index (χ4n) is 2.03. The molecule has 1 aliphatic rings. The molecule has 0 aliphatic carbocycles. The highest BCUT2D eigenvalue weighted by Crippen LogP contribution is 2.28. The third kappa shape index (κ3) is 2.34. The van der Waals surface area contributed by atoms with Gasteiger partial charge >= 0.3 is 6.03 Å². The summed E-state index contributed by atoms with van der Waals surface area (Å²) >= 11 is 0. The fourth-order valence-corrected chi connectivity index (χ4v) is 2.03. The lowest BCUT2D eigenvalue weighted by Crippen LogP contribution is -2.30. The number of ether oxygens (including phenoxy) is 1. The van der Waals surface area contributed by atoms with Gasteiger partial charge < -0.3 is 20.1 Å². The number of hydrogen-bond donors (Lipinski definition) is 2. The van der Waals surface area contributed by atoms with Crippen molar-refractivity contribution < 1.29 is 14.6 Å². The number of methoxy groups -OCH3 is 1. The van der Waals surface area contributed by atoms with Crippen LogP contribution in [-0.2, 0) is 0 Å². The van der Waals surface area contributed by atoms with Crippen molar-refractivity contribution in [3.05, 3.63) is 29.8 Å². The maximum absolute atomic E-state index is 11.6. The highest BCUT2D eigenvalue weighted by Gasteiger charge is 2.30. The summed E-state index contributed by atoms with van der Waals surface area (Å²) in [6.45, 7) is 0.892. The van der Waals surface area contributed by atoms with Crippen molar-refractivity contribution >= 4 is 6.03 Å². The average molecular weight is 236 g/mol. The van der Waals surface area contributed by atoms with Crippen LogP contribution < -0.4 is 10.1 Å². The SMILES string of the molecule is COc1ccccc1C1CN(CCO)C(=O)N1. The first kappa shape index (κ1) is 11.7. The lowest BCUT2D eigenvalue weighted by Gasteiger charge is -2.14. The Kier molecular flexibility index (Phi) is 3.49. The van der Waals surface area contributed by atoms with E-state index in [0.717, 1.165) is 11.3 Å². The van der Waals surface area contributed by atoms with E-state index in [4.69, 9.17) is 9.84 Å². The zero-order valence-corrected chi connectivity index (χ0v) is 9.72.